The third kappa shape index (κ3) is 4.38. The van der Waals surface area contributed by atoms with Crippen molar-refractivity contribution in [1.29, 1.82) is 0 Å². The van der Waals surface area contributed by atoms with E-state index in [1.165, 1.54) is 34.4 Å². The van der Waals surface area contributed by atoms with Crippen LogP contribution in [0.5, 0.6) is 5.75 Å². The lowest BCUT2D eigenvalue weighted by Crippen LogP contribution is -2.50. The summed E-state index contributed by atoms with van der Waals surface area (Å²) >= 11 is 1.37. The van der Waals surface area contributed by atoms with Crippen molar-refractivity contribution in [3.05, 3.63) is 77.1 Å². The smallest absolute Gasteiger partial charge is 0.271 e. The molecular formula is C25H23FN4O3S. The molecule has 4 aromatic rings. The van der Waals surface area contributed by atoms with Gasteiger partial charge in [0, 0.05) is 36.7 Å². The molecule has 0 aliphatic carbocycles. The van der Waals surface area contributed by atoms with E-state index >= 15 is 0 Å². The Kier molecular flexibility index (Phi) is 6.02. The molecule has 1 amide bonds. The first-order valence-electron chi connectivity index (χ1n) is 10.9. The van der Waals surface area contributed by atoms with Crippen LogP contribution < -0.4 is 15.2 Å². The van der Waals surface area contributed by atoms with Crippen molar-refractivity contribution in [2.45, 2.75) is 6.54 Å². The Morgan fingerprint density at radius 2 is 1.76 bits per heavy atom. The van der Waals surface area contributed by atoms with Gasteiger partial charge in [0.2, 0.25) is 5.91 Å². The molecular weight excluding hydrogens is 455 g/mol. The predicted octanol–water partition coefficient (Wildman–Crippen LogP) is 3.62. The summed E-state index contributed by atoms with van der Waals surface area (Å²) < 4.78 is 20.3. The number of amides is 1. The number of benzene rings is 2. The van der Waals surface area contributed by atoms with Gasteiger partial charge in [-0.1, -0.05) is 0 Å². The van der Waals surface area contributed by atoms with E-state index < -0.39 is 0 Å². The van der Waals surface area contributed by atoms with Gasteiger partial charge < -0.3 is 14.5 Å². The van der Waals surface area contributed by atoms with Crippen LogP contribution in [-0.2, 0) is 11.3 Å². The number of anilines is 1. The molecule has 0 N–H and O–H groups in total. The van der Waals surface area contributed by atoms with E-state index in [0.29, 0.717) is 36.4 Å². The molecule has 1 aliphatic rings. The highest BCUT2D eigenvalue weighted by atomic mass is 32.1. The van der Waals surface area contributed by atoms with Crippen LogP contribution in [0.15, 0.2) is 65.7 Å². The van der Waals surface area contributed by atoms with Gasteiger partial charge in [-0.15, -0.1) is 11.3 Å². The summed E-state index contributed by atoms with van der Waals surface area (Å²) in [6, 6.07) is 15.9. The van der Waals surface area contributed by atoms with Gasteiger partial charge in [0.05, 0.1) is 19.0 Å². The van der Waals surface area contributed by atoms with Crippen molar-refractivity contribution in [2.75, 3.05) is 38.2 Å². The lowest BCUT2D eigenvalue weighted by atomic mass is 10.2. The summed E-state index contributed by atoms with van der Waals surface area (Å²) in [7, 11) is 1.62. The summed E-state index contributed by atoms with van der Waals surface area (Å²) in [6.07, 6.45) is 1.45. The number of carbonyl (C=O) groups excluding carboxylic acids is 1. The Labute approximate surface area is 199 Å². The van der Waals surface area contributed by atoms with Crippen LogP contribution in [0, 0.1) is 5.82 Å². The van der Waals surface area contributed by atoms with Gasteiger partial charge in [0.15, 0.2) is 0 Å². The van der Waals surface area contributed by atoms with E-state index in [-0.39, 0.29) is 23.8 Å². The van der Waals surface area contributed by atoms with Crippen molar-refractivity contribution >= 4 is 33.1 Å². The fourth-order valence-electron chi connectivity index (χ4n) is 4.07. The first-order valence-corrected chi connectivity index (χ1v) is 11.7. The number of aromatic nitrogens is 2. The minimum atomic E-state index is -0.268. The fourth-order valence-corrected chi connectivity index (χ4v) is 5.13. The van der Waals surface area contributed by atoms with E-state index in [1.807, 2.05) is 30.3 Å². The number of piperazine rings is 1. The number of halogens is 1. The topological polar surface area (TPSA) is 67.7 Å². The molecule has 0 unspecified atom stereocenters. The Balaban J connectivity index is 1.28. The highest BCUT2D eigenvalue weighted by Gasteiger charge is 2.22. The van der Waals surface area contributed by atoms with E-state index in [1.54, 1.807) is 24.1 Å². The maximum Gasteiger partial charge on any atom is 0.271 e. The van der Waals surface area contributed by atoms with Crippen molar-refractivity contribution < 1.29 is 13.9 Å². The van der Waals surface area contributed by atoms with Gasteiger partial charge in [0.25, 0.3) is 5.56 Å². The number of ether oxygens (including phenoxy) is 1. The summed E-state index contributed by atoms with van der Waals surface area (Å²) in [5.74, 6) is 0.381. The predicted molar refractivity (Wildman–Crippen MR) is 131 cm³/mol. The molecule has 1 saturated heterocycles. The average Bonchev–Trinajstić information content (AvgIpc) is 3.32. The quantitative estimate of drug-likeness (QED) is 0.438. The van der Waals surface area contributed by atoms with Crippen molar-refractivity contribution in [3.8, 4) is 16.2 Å². The molecule has 9 heteroatoms. The van der Waals surface area contributed by atoms with Crippen LogP contribution in [0.3, 0.4) is 0 Å². The zero-order valence-electron chi connectivity index (χ0n) is 18.6. The molecule has 2 aromatic carbocycles. The summed E-state index contributed by atoms with van der Waals surface area (Å²) in [4.78, 5) is 35.2. The molecule has 0 spiro atoms. The first kappa shape index (κ1) is 22.1. The maximum atomic E-state index is 13.2. The van der Waals surface area contributed by atoms with Gasteiger partial charge in [-0.3, -0.25) is 14.2 Å². The lowest BCUT2D eigenvalue weighted by Gasteiger charge is -2.36. The fraction of sp³-hybridized carbons (Fsp3) is 0.240. The third-order valence-corrected chi connectivity index (χ3v) is 7.17. The number of nitrogens with zero attached hydrogens (tertiary/aromatic N) is 4. The standard InChI is InChI=1S/C25H23FN4O3S/c1-33-20-8-2-17(3-9-20)22-14-21-24(34-22)25(32)30(16-27-21)15-23(31)29-12-10-28(11-13-29)19-6-4-18(26)5-7-19/h2-9,14,16H,10-13,15H2,1H3. The van der Waals surface area contributed by atoms with Gasteiger partial charge in [-0.05, 0) is 60.2 Å². The van der Waals surface area contributed by atoms with Gasteiger partial charge in [0.1, 0.15) is 22.8 Å². The number of carbonyl (C=O) groups is 1. The van der Waals surface area contributed by atoms with E-state index in [2.05, 4.69) is 9.88 Å². The Hall–Kier alpha value is -3.72. The van der Waals surface area contributed by atoms with Gasteiger partial charge >= 0.3 is 0 Å². The SMILES string of the molecule is COc1ccc(-c2cc3ncn(CC(=O)N4CCN(c5ccc(F)cc5)CC4)c(=O)c3s2)cc1. The number of rotatable bonds is 5. The van der Waals surface area contributed by atoms with Crippen LogP contribution in [0.2, 0.25) is 0 Å². The number of fused-ring (bicyclic) bond motifs is 1. The van der Waals surface area contributed by atoms with Crippen molar-refractivity contribution in [1.82, 2.24) is 14.5 Å². The molecule has 5 rings (SSSR count). The summed E-state index contributed by atoms with van der Waals surface area (Å²) in [5, 5.41) is 0. The summed E-state index contributed by atoms with van der Waals surface area (Å²) in [6.45, 7) is 2.34. The maximum absolute atomic E-state index is 13.2. The molecule has 2 aromatic heterocycles. The largest absolute Gasteiger partial charge is 0.497 e. The van der Waals surface area contributed by atoms with Crippen LogP contribution in [0.4, 0.5) is 10.1 Å². The number of hydrogen-bond acceptors (Lipinski definition) is 6. The molecule has 0 radical (unpaired) electrons. The highest BCUT2D eigenvalue weighted by Crippen LogP contribution is 2.31. The third-order valence-electron chi connectivity index (χ3n) is 6.01. The second-order valence-corrected chi connectivity index (χ2v) is 9.13. The number of thiophene rings is 1. The molecule has 34 heavy (non-hydrogen) atoms. The van der Waals surface area contributed by atoms with Crippen molar-refractivity contribution in [3.63, 3.8) is 0 Å². The van der Waals surface area contributed by atoms with Crippen LogP contribution in [-0.4, -0.2) is 53.6 Å². The van der Waals surface area contributed by atoms with E-state index in [9.17, 15) is 14.0 Å². The minimum absolute atomic E-state index is 0.0475. The second-order valence-electron chi connectivity index (χ2n) is 8.08. The number of methoxy groups -OCH3 is 1. The molecule has 1 aliphatic heterocycles. The molecule has 3 heterocycles. The molecule has 7 nitrogen and oxygen atoms in total. The Morgan fingerprint density at radius 1 is 1.06 bits per heavy atom. The van der Waals surface area contributed by atoms with Gasteiger partial charge in [-0.2, -0.15) is 0 Å². The lowest BCUT2D eigenvalue weighted by molar-refractivity contribution is -0.132. The number of hydrogen-bond donors (Lipinski definition) is 0. The van der Waals surface area contributed by atoms with Crippen LogP contribution in [0.25, 0.3) is 20.7 Å². The summed E-state index contributed by atoms with van der Waals surface area (Å²) in [5.41, 5.74) is 2.32. The molecule has 1 fully saturated rings. The first-order chi connectivity index (χ1) is 16.5. The van der Waals surface area contributed by atoms with Crippen LogP contribution >= 0.6 is 11.3 Å². The van der Waals surface area contributed by atoms with E-state index in [4.69, 9.17) is 4.74 Å². The monoisotopic (exact) mass is 478 g/mol. The van der Waals surface area contributed by atoms with Crippen LogP contribution in [0.1, 0.15) is 0 Å². The normalized spacial score (nSPS) is 13.9. The molecule has 0 atom stereocenters. The van der Waals surface area contributed by atoms with E-state index in [0.717, 1.165) is 21.9 Å². The molecule has 0 bridgehead atoms. The average molecular weight is 479 g/mol. The molecule has 0 saturated carbocycles. The Bertz CT molecular complexity index is 1370. The zero-order valence-corrected chi connectivity index (χ0v) is 19.4. The molecule has 174 valence electrons. The van der Waals surface area contributed by atoms with Gasteiger partial charge in [-0.25, -0.2) is 9.37 Å². The highest BCUT2D eigenvalue weighted by molar-refractivity contribution is 7.22. The minimum Gasteiger partial charge on any atom is -0.497 e. The Morgan fingerprint density at radius 3 is 2.44 bits per heavy atom. The second kappa shape index (κ2) is 9.26. The van der Waals surface area contributed by atoms with Crippen molar-refractivity contribution in [2.24, 2.45) is 0 Å². The zero-order chi connectivity index (χ0) is 23.7.